The molecule has 0 saturated carbocycles. The monoisotopic (exact) mass is 179 g/mol. The highest BCUT2D eigenvalue weighted by atomic mass is 16.5. The van der Waals surface area contributed by atoms with Crippen molar-refractivity contribution in [1.82, 2.24) is 0 Å². The molecular weight excluding hydrogens is 166 g/mol. The third-order valence-electron chi connectivity index (χ3n) is 1.58. The van der Waals surface area contributed by atoms with Crippen LogP contribution in [0.15, 0.2) is 35.5 Å². The molecule has 3 nitrogen and oxygen atoms in total. The van der Waals surface area contributed by atoms with Gasteiger partial charge < -0.3 is 9.94 Å². The Morgan fingerprint density at radius 2 is 2.08 bits per heavy atom. The van der Waals surface area contributed by atoms with Gasteiger partial charge in [-0.15, -0.1) is 5.16 Å². The second kappa shape index (κ2) is 6.20. The maximum atomic E-state index is 8.10. The fourth-order valence-electron chi connectivity index (χ4n) is 0.958. The van der Waals surface area contributed by atoms with Crippen molar-refractivity contribution in [3.05, 3.63) is 35.9 Å². The molecule has 0 aliphatic carbocycles. The predicted octanol–water partition coefficient (Wildman–Crippen LogP) is 2.05. The molecule has 1 aromatic carbocycles. The molecule has 0 atom stereocenters. The molecule has 70 valence electrons. The van der Waals surface area contributed by atoms with E-state index in [2.05, 4.69) is 5.16 Å². The minimum atomic E-state index is 0.582. The van der Waals surface area contributed by atoms with Gasteiger partial charge in [-0.05, 0) is 5.56 Å². The Balaban J connectivity index is 2.13. The third-order valence-corrected chi connectivity index (χ3v) is 1.58. The number of hydrogen-bond donors (Lipinski definition) is 1. The highest BCUT2D eigenvalue weighted by Crippen LogP contribution is 2.00. The summed E-state index contributed by atoms with van der Waals surface area (Å²) < 4.78 is 5.32. The lowest BCUT2D eigenvalue weighted by atomic mass is 10.2. The van der Waals surface area contributed by atoms with Gasteiger partial charge in [0.2, 0.25) is 0 Å². The number of rotatable bonds is 5. The van der Waals surface area contributed by atoms with E-state index < -0.39 is 0 Å². The first kappa shape index (κ1) is 9.74. The standard InChI is InChI=1S/C10H13NO2/c12-11-7-4-8-13-9-10-5-2-1-3-6-10/h1-3,5-7,12H,4,8-9H2/b11-7-. The molecule has 0 fully saturated rings. The Labute approximate surface area is 77.6 Å². The molecule has 0 aromatic heterocycles. The van der Waals surface area contributed by atoms with Crippen LogP contribution in [0.2, 0.25) is 0 Å². The Hall–Kier alpha value is -1.35. The van der Waals surface area contributed by atoms with Gasteiger partial charge in [-0.1, -0.05) is 30.3 Å². The number of nitrogens with zero attached hydrogens (tertiary/aromatic N) is 1. The smallest absolute Gasteiger partial charge is 0.0717 e. The zero-order chi connectivity index (χ0) is 9.36. The summed E-state index contributed by atoms with van der Waals surface area (Å²) in [6.07, 6.45) is 2.06. The molecule has 1 aromatic rings. The highest BCUT2D eigenvalue weighted by Gasteiger charge is 1.89. The van der Waals surface area contributed by atoms with Gasteiger partial charge in [0.05, 0.1) is 13.2 Å². The minimum absolute atomic E-state index is 0.582. The largest absolute Gasteiger partial charge is 0.411 e. The van der Waals surface area contributed by atoms with Crippen LogP contribution in [0, 0.1) is 0 Å². The van der Waals surface area contributed by atoms with Crippen molar-refractivity contribution in [2.24, 2.45) is 5.16 Å². The summed E-state index contributed by atoms with van der Waals surface area (Å²) in [7, 11) is 0. The maximum absolute atomic E-state index is 8.10. The molecular formula is C10H13NO2. The van der Waals surface area contributed by atoms with Crippen LogP contribution in [0.25, 0.3) is 0 Å². The van der Waals surface area contributed by atoms with E-state index in [1.54, 1.807) is 0 Å². The SMILES string of the molecule is O/N=C\CCOCc1ccccc1. The van der Waals surface area contributed by atoms with Crippen LogP contribution in [0.4, 0.5) is 0 Å². The molecule has 3 heteroatoms. The van der Waals surface area contributed by atoms with E-state index in [-0.39, 0.29) is 0 Å². The Morgan fingerprint density at radius 3 is 2.77 bits per heavy atom. The van der Waals surface area contributed by atoms with E-state index in [9.17, 15) is 0 Å². The van der Waals surface area contributed by atoms with E-state index >= 15 is 0 Å². The summed E-state index contributed by atoms with van der Waals surface area (Å²) in [6.45, 7) is 1.19. The molecule has 0 spiro atoms. The number of benzene rings is 1. The van der Waals surface area contributed by atoms with Gasteiger partial charge >= 0.3 is 0 Å². The Kier molecular flexibility index (Phi) is 4.64. The van der Waals surface area contributed by atoms with Crippen LogP contribution in [-0.4, -0.2) is 18.0 Å². The summed E-state index contributed by atoms with van der Waals surface area (Å²) in [5, 5.41) is 11.0. The molecule has 1 rings (SSSR count). The third kappa shape index (κ3) is 4.28. The summed E-state index contributed by atoms with van der Waals surface area (Å²) in [6, 6.07) is 9.96. The minimum Gasteiger partial charge on any atom is -0.411 e. The highest BCUT2D eigenvalue weighted by molar-refractivity contribution is 5.56. The van der Waals surface area contributed by atoms with Gasteiger partial charge in [0.15, 0.2) is 0 Å². The lowest BCUT2D eigenvalue weighted by molar-refractivity contribution is 0.128. The van der Waals surface area contributed by atoms with Gasteiger partial charge in [0.25, 0.3) is 0 Å². The summed E-state index contributed by atoms with van der Waals surface area (Å²) in [4.78, 5) is 0. The average molecular weight is 179 g/mol. The second-order valence-electron chi connectivity index (χ2n) is 2.62. The fourth-order valence-corrected chi connectivity index (χ4v) is 0.958. The van der Waals surface area contributed by atoms with Crippen LogP contribution in [-0.2, 0) is 11.3 Å². The first-order valence-electron chi connectivity index (χ1n) is 4.21. The summed E-state index contributed by atoms with van der Waals surface area (Å²) in [5.74, 6) is 0. The van der Waals surface area contributed by atoms with Gasteiger partial charge in [-0.25, -0.2) is 0 Å². The van der Waals surface area contributed by atoms with E-state index in [0.717, 1.165) is 5.56 Å². The van der Waals surface area contributed by atoms with Crippen LogP contribution in [0.1, 0.15) is 12.0 Å². The van der Waals surface area contributed by atoms with Crippen molar-refractivity contribution in [3.8, 4) is 0 Å². The van der Waals surface area contributed by atoms with Crippen molar-refractivity contribution in [3.63, 3.8) is 0 Å². The van der Waals surface area contributed by atoms with Crippen molar-refractivity contribution in [2.45, 2.75) is 13.0 Å². The predicted molar refractivity (Wildman–Crippen MR) is 51.0 cm³/mol. The fraction of sp³-hybridized carbons (Fsp3) is 0.300. The quantitative estimate of drug-likeness (QED) is 0.325. The van der Waals surface area contributed by atoms with Crippen LogP contribution in [0.3, 0.4) is 0 Å². The molecule has 0 unspecified atom stereocenters. The van der Waals surface area contributed by atoms with Crippen molar-refractivity contribution in [1.29, 1.82) is 0 Å². The van der Waals surface area contributed by atoms with Crippen LogP contribution in [0.5, 0.6) is 0 Å². The van der Waals surface area contributed by atoms with Gasteiger partial charge in [-0.2, -0.15) is 0 Å². The number of ether oxygens (including phenoxy) is 1. The van der Waals surface area contributed by atoms with Crippen LogP contribution >= 0.6 is 0 Å². The molecule has 0 radical (unpaired) electrons. The van der Waals surface area contributed by atoms with E-state index in [4.69, 9.17) is 9.94 Å². The van der Waals surface area contributed by atoms with E-state index in [0.29, 0.717) is 19.6 Å². The van der Waals surface area contributed by atoms with E-state index in [1.807, 2.05) is 30.3 Å². The lowest BCUT2D eigenvalue weighted by Gasteiger charge is -2.01. The Morgan fingerprint density at radius 1 is 1.31 bits per heavy atom. The first-order valence-corrected chi connectivity index (χ1v) is 4.21. The number of hydrogen-bond acceptors (Lipinski definition) is 3. The normalized spacial score (nSPS) is 10.8. The summed E-state index contributed by atoms with van der Waals surface area (Å²) >= 11 is 0. The van der Waals surface area contributed by atoms with Crippen LogP contribution < -0.4 is 0 Å². The zero-order valence-electron chi connectivity index (χ0n) is 7.39. The molecule has 0 amide bonds. The molecule has 0 bridgehead atoms. The second-order valence-corrected chi connectivity index (χ2v) is 2.62. The molecule has 13 heavy (non-hydrogen) atoms. The van der Waals surface area contributed by atoms with Gasteiger partial charge in [-0.3, -0.25) is 0 Å². The zero-order valence-corrected chi connectivity index (χ0v) is 7.39. The maximum Gasteiger partial charge on any atom is 0.0717 e. The molecule has 0 heterocycles. The molecule has 0 aliphatic rings. The van der Waals surface area contributed by atoms with E-state index in [1.165, 1.54) is 6.21 Å². The molecule has 0 saturated heterocycles. The van der Waals surface area contributed by atoms with Crippen molar-refractivity contribution < 1.29 is 9.94 Å². The Bertz CT molecular complexity index is 246. The lowest BCUT2D eigenvalue weighted by Crippen LogP contribution is -1.95. The van der Waals surface area contributed by atoms with Crippen molar-refractivity contribution >= 4 is 6.21 Å². The van der Waals surface area contributed by atoms with Crippen molar-refractivity contribution in [2.75, 3.05) is 6.61 Å². The first-order chi connectivity index (χ1) is 6.43. The molecule has 0 aliphatic heterocycles. The number of oxime groups is 1. The van der Waals surface area contributed by atoms with Gasteiger partial charge in [0.1, 0.15) is 0 Å². The molecule has 1 N–H and O–H groups in total. The topological polar surface area (TPSA) is 41.8 Å². The average Bonchev–Trinajstić information content (AvgIpc) is 2.19. The summed E-state index contributed by atoms with van der Waals surface area (Å²) in [5.41, 5.74) is 1.16. The van der Waals surface area contributed by atoms with Gasteiger partial charge in [0, 0.05) is 12.6 Å².